The molecule has 0 saturated heterocycles. The van der Waals surface area contributed by atoms with Crippen molar-refractivity contribution < 1.29 is 9.21 Å². The molecule has 0 bridgehead atoms. The van der Waals surface area contributed by atoms with E-state index in [0.29, 0.717) is 22.4 Å². The number of carbonyl (C=O) groups excluding carboxylic acids is 1. The number of aryl methyl sites for hydroxylation is 1. The Kier molecular flexibility index (Phi) is 6.18. The molecule has 0 fully saturated rings. The lowest BCUT2D eigenvalue weighted by molar-refractivity contribution is -0.115. The van der Waals surface area contributed by atoms with Crippen LogP contribution in [0.1, 0.15) is 18.2 Å². The lowest BCUT2D eigenvalue weighted by Gasteiger charge is -2.12. The molecule has 0 saturated carbocycles. The summed E-state index contributed by atoms with van der Waals surface area (Å²) in [7, 11) is 0. The number of thioether (sulfide) groups is 1. The highest BCUT2D eigenvalue weighted by atomic mass is 35.5. The third-order valence-electron chi connectivity index (χ3n) is 3.50. The van der Waals surface area contributed by atoms with Crippen LogP contribution >= 0.6 is 34.7 Å². The SMILES string of the molecule is Cc1ccc(Cl)cc1NC(=O)C(C)Sc1nnc(NCc2ccco2)s1. The van der Waals surface area contributed by atoms with Gasteiger partial charge in [-0.2, -0.15) is 0 Å². The number of halogens is 1. The minimum absolute atomic E-state index is 0.110. The van der Waals surface area contributed by atoms with E-state index in [4.69, 9.17) is 16.0 Å². The molecule has 3 aromatic rings. The fourth-order valence-corrected chi connectivity index (χ4v) is 4.14. The van der Waals surface area contributed by atoms with Crippen LogP contribution in [-0.4, -0.2) is 21.4 Å². The van der Waals surface area contributed by atoms with E-state index in [1.165, 1.54) is 23.1 Å². The van der Waals surface area contributed by atoms with Crippen molar-refractivity contribution in [2.75, 3.05) is 10.6 Å². The maximum atomic E-state index is 12.4. The molecule has 0 aliphatic heterocycles. The summed E-state index contributed by atoms with van der Waals surface area (Å²) < 4.78 is 5.98. The van der Waals surface area contributed by atoms with E-state index in [2.05, 4.69) is 20.8 Å². The van der Waals surface area contributed by atoms with Crippen molar-refractivity contribution in [3.05, 3.63) is 52.9 Å². The first kappa shape index (κ1) is 18.8. The molecule has 1 unspecified atom stereocenters. The maximum absolute atomic E-state index is 12.4. The topological polar surface area (TPSA) is 80.0 Å². The summed E-state index contributed by atoms with van der Waals surface area (Å²) in [6.07, 6.45) is 1.63. The largest absolute Gasteiger partial charge is 0.467 e. The Morgan fingerprint density at radius 2 is 2.23 bits per heavy atom. The average Bonchev–Trinajstić information content (AvgIpc) is 3.28. The van der Waals surface area contributed by atoms with Gasteiger partial charge < -0.3 is 15.1 Å². The molecule has 3 rings (SSSR count). The lowest BCUT2D eigenvalue weighted by atomic mass is 10.2. The van der Waals surface area contributed by atoms with Crippen LogP contribution in [0.4, 0.5) is 10.8 Å². The van der Waals surface area contributed by atoms with Crippen molar-refractivity contribution in [3.8, 4) is 0 Å². The summed E-state index contributed by atoms with van der Waals surface area (Å²) in [5.74, 6) is 0.708. The summed E-state index contributed by atoms with van der Waals surface area (Å²) in [5.41, 5.74) is 1.67. The summed E-state index contributed by atoms with van der Waals surface area (Å²) >= 11 is 8.75. The molecule has 0 spiro atoms. The molecule has 26 heavy (non-hydrogen) atoms. The second-order valence-corrected chi connectivity index (χ2v) is 8.52. The third-order valence-corrected chi connectivity index (χ3v) is 5.81. The van der Waals surface area contributed by atoms with E-state index < -0.39 is 0 Å². The summed E-state index contributed by atoms with van der Waals surface area (Å²) in [4.78, 5) is 12.4. The highest BCUT2D eigenvalue weighted by Gasteiger charge is 2.18. The number of carbonyl (C=O) groups is 1. The Hall–Kier alpha value is -2.03. The van der Waals surface area contributed by atoms with Crippen molar-refractivity contribution in [1.82, 2.24) is 10.2 Å². The van der Waals surface area contributed by atoms with Gasteiger partial charge in [0, 0.05) is 10.7 Å². The molecular weight excluding hydrogens is 392 g/mol. The molecule has 6 nitrogen and oxygen atoms in total. The van der Waals surface area contributed by atoms with Crippen LogP contribution in [0.3, 0.4) is 0 Å². The number of amides is 1. The number of benzene rings is 1. The van der Waals surface area contributed by atoms with Gasteiger partial charge in [0.25, 0.3) is 0 Å². The predicted molar refractivity (Wildman–Crippen MR) is 106 cm³/mol. The van der Waals surface area contributed by atoms with E-state index in [-0.39, 0.29) is 11.2 Å². The second kappa shape index (κ2) is 8.57. The van der Waals surface area contributed by atoms with Gasteiger partial charge in [0.05, 0.1) is 18.1 Å². The fourth-order valence-electron chi connectivity index (χ4n) is 2.07. The van der Waals surface area contributed by atoms with Crippen LogP contribution in [0.25, 0.3) is 0 Å². The Morgan fingerprint density at radius 3 is 3.00 bits per heavy atom. The van der Waals surface area contributed by atoms with E-state index in [0.717, 1.165) is 15.7 Å². The van der Waals surface area contributed by atoms with Gasteiger partial charge in [-0.15, -0.1) is 10.2 Å². The summed E-state index contributed by atoms with van der Waals surface area (Å²) in [6, 6.07) is 9.13. The van der Waals surface area contributed by atoms with Gasteiger partial charge >= 0.3 is 0 Å². The van der Waals surface area contributed by atoms with Crippen LogP contribution in [0.15, 0.2) is 45.4 Å². The van der Waals surface area contributed by atoms with Crippen molar-refractivity contribution >= 4 is 51.4 Å². The number of hydrogen-bond donors (Lipinski definition) is 2. The zero-order valence-corrected chi connectivity index (χ0v) is 16.5. The van der Waals surface area contributed by atoms with Gasteiger partial charge in [0.2, 0.25) is 11.0 Å². The van der Waals surface area contributed by atoms with E-state index in [1.807, 2.05) is 32.0 Å². The van der Waals surface area contributed by atoms with Crippen LogP contribution in [0.2, 0.25) is 5.02 Å². The first-order valence-electron chi connectivity index (χ1n) is 7.84. The highest BCUT2D eigenvalue weighted by Crippen LogP contribution is 2.30. The zero-order valence-electron chi connectivity index (χ0n) is 14.2. The normalized spacial score (nSPS) is 12.0. The standard InChI is InChI=1S/C17H17ClN4O2S2/c1-10-5-6-12(18)8-14(10)20-15(23)11(2)25-17-22-21-16(26-17)19-9-13-4-3-7-24-13/h3-8,11H,9H2,1-2H3,(H,19,21)(H,20,23). The summed E-state index contributed by atoms with van der Waals surface area (Å²) in [5, 5.41) is 15.2. The second-order valence-electron chi connectivity index (χ2n) is 5.51. The van der Waals surface area contributed by atoms with Gasteiger partial charge in [0.1, 0.15) is 5.76 Å². The van der Waals surface area contributed by atoms with E-state index in [9.17, 15) is 4.79 Å². The van der Waals surface area contributed by atoms with Gasteiger partial charge in [-0.05, 0) is 43.7 Å². The number of nitrogens with one attached hydrogen (secondary N) is 2. The van der Waals surface area contributed by atoms with Crippen LogP contribution < -0.4 is 10.6 Å². The third kappa shape index (κ3) is 5.00. The Morgan fingerprint density at radius 1 is 1.38 bits per heavy atom. The summed E-state index contributed by atoms with van der Waals surface area (Å²) in [6.45, 7) is 4.29. The molecular formula is C17H17ClN4O2S2. The number of furan rings is 1. The molecule has 1 amide bonds. The number of hydrogen-bond acceptors (Lipinski definition) is 7. The van der Waals surface area contributed by atoms with Gasteiger partial charge in [-0.3, -0.25) is 4.79 Å². The zero-order chi connectivity index (χ0) is 18.5. The number of rotatable bonds is 7. The van der Waals surface area contributed by atoms with Crippen LogP contribution in [0.5, 0.6) is 0 Å². The molecule has 2 heterocycles. The number of nitrogens with zero attached hydrogens (tertiary/aromatic N) is 2. The highest BCUT2D eigenvalue weighted by molar-refractivity contribution is 8.02. The first-order valence-corrected chi connectivity index (χ1v) is 9.92. The van der Waals surface area contributed by atoms with Gasteiger partial charge in [-0.25, -0.2) is 0 Å². The first-order chi connectivity index (χ1) is 12.5. The Bertz CT molecular complexity index is 883. The Labute approximate surface area is 164 Å². The molecule has 2 N–H and O–H groups in total. The molecule has 1 atom stereocenters. The minimum atomic E-state index is -0.320. The molecule has 0 radical (unpaired) electrons. The lowest BCUT2D eigenvalue weighted by Crippen LogP contribution is -2.22. The molecule has 1 aromatic carbocycles. The number of aromatic nitrogens is 2. The Balaban J connectivity index is 1.54. The van der Waals surface area contributed by atoms with E-state index >= 15 is 0 Å². The molecule has 2 aromatic heterocycles. The monoisotopic (exact) mass is 408 g/mol. The molecule has 9 heteroatoms. The smallest absolute Gasteiger partial charge is 0.237 e. The quantitative estimate of drug-likeness (QED) is 0.545. The van der Waals surface area contributed by atoms with Crippen molar-refractivity contribution in [2.24, 2.45) is 0 Å². The van der Waals surface area contributed by atoms with Crippen molar-refractivity contribution in [2.45, 2.75) is 30.0 Å². The van der Waals surface area contributed by atoms with Gasteiger partial charge in [-0.1, -0.05) is 40.8 Å². The maximum Gasteiger partial charge on any atom is 0.237 e. The minimum Gasteiger partial charge on any atom is -0.467 e. The van der Waals surface area contributed by atoms with Crippen LogP contribution in [0, 0.1) is 6.92 Å². The van der Waals surface area contributed by atoms with Crippen molar-refractivity contribution in [3.63, 3.8) is 0 Å². The van der Waals surface area contributed by atoms with Crippen molar-refractivity contribution in [1.29, 1.82) is 0 Å². The van der Waals surface area contributed by atoms with Crippen LogP contribution in [-0.2, 0) is 11.3 Å². The fraction of sp³-hybridized carbons (Fsp3) is 0.235. The average molecular weight is 409 g/mol. The predicted octanol–water partition coefficient (Wildman–Crippen LogP) is 4.82. The molecule has 0 aliphatic rings. The van der Waals surface area contributed by atoms with E-state index in [1.54, 1.807) is 18.4 Å². The molecule has 136 valence electrons. The van der Waals surface area contributed by atoms with Gasteiger partial charge in [0.15, 0.2) is 4.34 Å². The number of anilines is 2. The molecule has 0 aliphatic carbocycles.